The Morgan fingerprint density at radius 2 is 1.93 bits per heavy atom. The maximum absolute atomic E-state index is 13.3. The molecule has 0 atom stereocenters. The van der Waals surface area contributed by atoms with Crippen molar-refractivity contribution in [1.29, 1.82) is 0 Å². The third-order valence-corrected chi connectivity index (χ3v) is 4.28. The van der Waals surface area contributed by atoms with Crippen LogP contribution < -0.4 is 10.2 Å². The Balaban J connectivity index is 1.76. The number of benzene rings is 2. The van der Waals surface area contributed by atoms with Gasteiger partial charge in [-0.15, -0.1) is 10.2 Å². The van der Waals surface area contributed by atoms with Crippen molar-refractivity contribution < 1.29 is 13.6 Å². The zero-order chi connectivity index (χ0) is 19.4. The van der Waals surface area contributed by atoms with Crippen LogP contribution in [-0.2, 0) is 0 Å². The van der Waals surface area contributed by atoms with E-state index in [1.54, 1.807) is 6.07 Å². The molecule has 0 aliphatic heterocycles. The van der Waals surface area contributed by atoms with Gasteiger partial charge in [-0.2, -0.15) is 0 Å². The molecular formula is C20H21FN4O2. The number of aryl methyl sites for hydroxylation is 1. The van der Waals surface area contributed by atoms with Gasteiger partial charge < -0.3 is 14.6 Å². The zero-order valence-corrected chi connectivity index (χ0v) is 15.5. The summed E-state index contributed by atoms with van der Waals surface area (Å²) in [6.07, 6.45) is 0. The topological polar surface area (TPSA) is 71.3 Å². The van der Waals surface area contributed by atoms with E-state index in [4.69, 9.17) is 4.42 Å². The molecule has 2 aromatic carbocycles. The second kappa shape index (κ2) is 7.99. The van der Waals surface area contributed by atoms with Crippen molar-refractivity contribution in [1.82, 2.24) is 10.2 Å². The number of anilines is 2. The van der Waals surface area contributed by atoms with Crippen LogP contribution in [0.5, 0.6) is 0 Å². The highest BCUT2D eigenvalue weighted by Crippen LogP contribution is 2.24. The van der Waals surface area contributed by atoms with Crippen LogP contribution in [0.15, 0.2) is 46.9 Å². The van der Waals surface area contributed by atoms with E-state index in [1.165, 1.54) is 18.2 Å². The lowest BCUT2D eigenvalue weighted by Crippen LogP contribution is -2.22. The first kappa shape index (κ1) is 18.6. The van der Waals surface area contributed by atoms with E-state index in [2.05, 4.69) is 34.3 Å². The van der Waals surface area contributed by atoms with Gasteiger partial charge >= 0.3 is 11.8 Å². The van der Waals surface area contributed by atoms with E-state index >= 15 is 0 Å². The first-order chi connectivity index (χ1) is 13.0. The normalized spacial score (nSPS) is 10.7. The smallest absolute Gasteiger partial charge is 0.313 e. The fourth-order valence-corrected chi connectivity index (χ4v) is 2.80. The van der Waals surface area contributed by atoms with Gasteiger partial charge in [0.05, 0.1) is 0 Å². The molecule has 6 nitrogen and oxygen atoms in total. The van der Waals surface area contributed by atoms with E-state index in [9.17, 15) is 9.18 Å². The lowest BCUT2D eigenvalue weighted by Gasteiger charge is -2.22. The van der Waals surface area contributed by atoms with Crippen molar-refractivity contribution >= 4 is 17.3 Å². The number of amides is 1. The number of carbonyl (C=O) groups excluding carboxylic acids is 1. The van der Waals surface area contributed by atoms with Crippen molar-refractivity contribution in [3.8, 4) is 11.5 Å². The molecule has 0 saturated carbocycles. The van der Waals surface area contributed by atoms with Gasteiger partial charge in [0.2, 0.25) is 5.89 Å². The summed E-state index contributed by atoms with van der Waals surface area (Å²) in [5.41, 5.74) is 3.11. The average molecular weight is 368 g/mol. The van der Waals surface area contributed by atoms with E-state index < -0.39 is 11.7 Å². The van der Waals surface area contributed by atoms with Gasteiger partial charge in [0.25, 0.3) is 0 Å². The Morgan fingerprint density at radius 3 is 2.59 bits per heavy atom. The van der Waals surface area contributed by atoms with Gasteiger partial charge in [-0.3, -0.25) is 4.79 Å². The summed E-state index contributed by atoms with van der Waals surface area (Å²) in [6, 6.07) is 11.6. The number of aromatic nitrogens is 2. The van der Waals surface area contributed by atoms with E-state index in [-0.39, 0.29) is 11.8 Å². The molecule has 0 spiro atoms. The fraction of sp³-hybridized carbons (Fsp3) is 0.250. The van der Waals surface area contributed by atoms with Gasteiger partial charge in [-0.1, -0.05) is 6.07 Å². The quantitative estimate of drug-likeness (QED) is 0.703. The Morgan fingerprint density at radius 1 is 1.15 bits per heavy atom. The summed E-state index contributed by atoms with van der Waals surface area (Å²) in [5.74, 6) is -1.01. The lowest BCUT2D eigenvalue weighted by atomic mass is 10.1. The van der Waals surface area contributed by atoms with Crippen LogP contribution in [0.2, 0.25) is 0 Å². The van der Waals surface area contributed by atoms with Gasteiger partial charge in [0.1, 0.15) is 5.82 Å². The second-order valence-corrected chi connectivity index (χ2v) is 6.05. The van der Waals surface area contributed by atoms with Crippen LogP contribution in [0.25, 0.3) is 11.5 Å². The highest BCUT2D eigenvalue weighted by Gasteiger charge is 2.17. The summed E-state index contributed by atoms with van der Waals surface area (Å²) < 4.78 is 18.7. The number of carbonyl (C=O) groups is 1. The van der Waals surface area contributed by atoms with Crippen LogP contribution >= 0.6 is 0 Å². The molecule has 0 saturated heterocycles. The van der Waals surface area contributed by atoms with Gasteiger partial charge in [0, 0.05) is 30.0 Å². The summed E-state index contributed by atoms with van der Waals surface area (Å²) >= 11 is 0. The van der Waals surface area contributed by atoms with Crippen molar-refractivity contribution in [2.75, 3.05) is 23.3 Å². The first-order valence-corrected chi connectivity index (χ1v) is 8.78. The predicted octanol–water partition coefficient (Wildman–Crippen LogP) is 4.28. The van der Waals surface area contributed by atoms with Crippen molar-refractivity contribution in [3.63, 3.8) is 0 Å². The third kappa shape index (κ3) is 4.13. The van der Waals surface area contributed by atoms with E-state index in [0.29, 0.717) is 11.3 Å². The third-order valence-electron chi connectivity index (χ3n) is 4.28. The Hall–Kier alpha value is -3.22. The van der Waals surface area contributed by atoms with Crippen LogP contribution in [-0.4, -0.2) is 29.2 Å². The molecule has 1 N–H and O–H groups in total. The number of nitrogens with one attached hydrogen (secondary N) is 1. The molecule has 3 aromatic rings. The maximum Gasteiger partial charge on any atom is 0.313 e. The number of hydrogen-bond donors (Lipinski definition) is 1. The van der Waals surface area contributed by atoms with Crippen molar-refractivity contribution in [3.05, 3.63) is 59.7 Å². The molecule has 0 aliphatic carbocycles. The molecule has 0 bridgehead atoms. The minimum Gasteiger partial charge on any atom is -0.412 e. The first-order valence-electron chi connectivity index (χ1n) is 8.78. The number of nitrogens with zero attached hydrogens (tertiary/aromatic N) is 3. The summed E-state index contributed by atoms with van der Waals surface area (Å²) in [7, 11) is 0. The minimum absolute atomic E-state index is 0.0910. The number of rotatable bonds is 6. The summed E-state index contributed by atoms with van der Waals surface area (Å²) in [4.78, 5) is 14.6. The molecule has 0 fully saturated rings. The monoisotopic (exact) mass is 368 g/mol. The lowest BCUT2D eigenvalue weighted by molar-refractivity contribution is 0.0990. The van der Waals surface area contributed by atoms with Gasteiger partial charge in [-0.05, 0) is 62.7 Å². The molecule has 27 heavy (non-hydrogen) atoms. The molecule has 0 radical (unpaired) electrons. The molecule has 3 rings (SSSR count). The molecule has 0 unspecified atom stereocenters. The van der Waals surface area contributed by atoms with Gasteiger partial charge in [0.15, 0.2) is 0 Å². The molecule has 1 aromatic heterocycles. The van der Waals surface area contributed by atoms with Gasteiger partial charge in [-0.25, -0.2) is 4.39 Å². The van der Waals surface area contributed by atoms with Crippen LogP contribution in [0.3, 0.4) is 0 Å². The van der Waals surface area contributed by atoms with Crippen molar-refractivity contribution in [2.45, 2.75) is 20.8 Å². The number of halogens is 1. The fourth-order valence-electron chi connectivity index (χ4n) is 2.80. The largest absolute Gasteiger partial charge is 0.412 e. The zero-order valence-electron chi connectivity index (χ0n) is 15.5. The molecule has 7 heteroatoms. The highest BCUT2D eigenvalue weighted by molar-refractivity contribution is 6.01. The van der Waals surface area contributed by atoms with Crippen molar-refractivity contribution in [2.24, 2.45) is 0 Å². The standard InChI is InChI=1S/C20H21FN4O2/c1-4-25(5-2)16-9-10-17(13(3)11-16)22-18(26)20-24-23-19(27-20)14-7-6-8-15(21)12-14/h6-12H,4-5H2,1-3H3,(H,22,26). The SMILES string of the molecule is CCN(CC)c1ccc(NC(=O)c2nnc(-c3cccc(F)c3)o2)c(C)c1. The van der Waals surface area contributed by atoms with Crippen LogP contribution in [0, 0.1) is 12.7 Å². The average Bonchev–Trinajstić information content (AvgIpc) is 3.15. The summed E-state index contributed by atoms with van der Waals surface area (Å²) in [5, 5.41) is 10.4. The Kier molecular flexibility index (Phi) is 5.49. The molecular weight excluding hydrogens is 347 g/mol. The number of hydrogen-bond acceptors (Lipinski definition) is 5. The molecule has 140 valence electrons. The van der Waals surface area contributed by atoms with Crippen LogP contribution in [0.4, 0.5) is 15.8 Å². The molecule has 0 aliphatic rings. The molecule has 1 amide bonds. The maximum atomic E-state index is 13.3. The Bertz CT molecular complexity index is 951. The molecule has 1 heterocycles. The Labute approximate surface area is 157 Å². The van der Waals surface area contributed by atoms with E-state index in [1.807, 2.05) is 25.1 Å². The predicted molar refractivity (Wildman–Crippen MR) is 102 cm³/mol. The summed E-state index contributed by atoms with van der Waals surface area (Å²) in [6.45, 7) is 7.94. The van der Waals surface area contributed by atoms with E-state index in [0.717, 1.165) is 24.3 Å². The highest BCUT2D eigenvalue weighted by atomic mass is 19.1. The van der Waals surface area contributed by atoms with Crippen LogP contribution in [0.1, 0.15) is 30.1 Å². The minimum atomic E-state index is -0.510. The second-order valence-electron chi connectivity index (χ2n) is 6.05.